The number of amides is 1. The van der Waals surface area contributed by atoms with E-state index in [0.717, 1.165) is 35.2 Å². The van der Waals surface area contributed by atoms with Gasteiger partial charge in [-0.05, 0) is 36.1 Å². The molecular weight excluding hydrogens is 396 g/mol. The van der Waals surface area contributed by atoms with Gasteiger partial charge in [-0.3, -0.25) is 9.59 Å². The highest BCUT2D eigenvalue weighted by molar-refractivity contribution is 6.18. The highest BCUT2D eigenvalue weighted by atomic mass is 35.5. The Kier molecular flexibility index (Phi) is 7.47. The lowest BCUT2D eigenvalue weighted by Gasteiger charge is -2.20. The van der Waals surface area contributed by atoms with Gasteiger partial charge in [0, 0.05) is 12.4 Å². The summed E-state index contributed by atoms with van der Waals surface area (Å²) in [5.74, 6) is -0.177. The molecule has 0 saturated heterocycles. The second kappa shape index (κ2) is 10.3. The van der Waals surface area contributed by atoms with Crippen molar-refractivity contribution in [3.05, 3.63) is 93.8 Å². The van der Waals surface area contributed by atoms with Crippen molar-refractivity contribution in [1.29, 1.82) is 0 Å². The molecule has 0 spiro atoms. The molecule has 156 valence electrons. The molecular formula is C25H27ClN2O2. The number of aromatic nitrogens is 1. The average Bonchev–Trinajstić information content (AvgIpc) is 2.78. The fourth-order valence-electron chi connectivity index (χ4n) is 3.61. The van der Waals surface area contributed by atoms with E-state index in [4.69, 9.17) is 11.6 Å². The molecule has 0 fully saturated rings. The van der Waals surface area contributed by atoms with Gasteiger partial charge in [-0.25, -0.2) is 0 Å². The van der Waals surface area contributed by atoms with Gasteiger partial charge < -0.3 is 9.88 Å². The number of benzene rings is 2. The molecule has 2 aromatic carbocycles. The van der Waals surface area contributed by atoms with Gasteiger partial charge >= 0.3 is 0 Å². The van der Waals surface area contributed by atoms with Crippen LogP contribution in [0.25, 0.3) is 11.3 Å². The number of aryl methyl sites for hydroxylation is 1. The Morgan fingerprint density at radius 1 is 1.07 bits per heavy atom. The number of nitrogens with zero attached hydrogens (tertiary/aromatic N) is 1. The molecule has 1 aromatic heterocycles. The second-order valence-corrected chi connectivity index (χ2v) is 7.67. The molecule has 1 N–H and O–H groups in total. The van der Waals surface area contributed by atoms with Crippen LogP contribution in [0.5, 0.6) is 0 Å². The second-order valence-electron chi connectivity index (χ2n) is 7.36. The smallest absolute Gasteiger partial charge is 0.263 e. The van der Waals surface area contributed by atoms with Gasteiger partial charge in [0.1, 0.15) is 5.56 Å². The maximum absolute atomic E-state index is 13.3. The zero-order chi connectivity index (χ0) is 21.5. The molecule has 0 bridgehead atoms. The highest BCUT2D eigenvalue weighted by Gasteiger charge is 2.21. The first-order valence-corrected chi connectivity index (χ1v) is 10.8. The van der Waals surface area contributed by atoms with Crippen LogP contribution in [0.3, 0.4) is 0 Å². The normalized spacial score (nSPS) is 11.8. The Hall–Kier alpha value is -2.85. The monoisotopic (exact) mass is 422 g/mol. The predicted molar refractivity (Wildman–Crippen MR) is 123 cm³/mol. The third-order valence-corrected chi connectivity index (χ3v) is 5.48. The van der Waals surface area contributed by atoms with Crippen LogP contribution in [0.2, 0.25) is 0 Å². The lowest BCUT2D eigenvalue weighted by molar-refractivity contribution is 0.0938. The average molecular weight is 423 g/mol. The number of unbranched alkanes of at least 4 members (excludes halogenated alkanes) is 1. The van der Waals surface area contributed by atoms with E-state index in [0.29, 0.717) is 6.54 Å². The molecule has 0 unspecified atom stereocenters. The maximum Gasteiger partial charge on any atom is 0.263 e. The van der Waals surface area contributed by atoms with Crippen LogP contribution < -0.4 is 10.9 Å². The molecule has 4 nitrogen and oxygen atoms in total. The van der Waals surface area contributed by atoms with Crippen molar-refractivity contribution in [3.63, 3.8) is 0 Å². The number of alkyl halides is 1. The summed E-state index contributed by atoms with van der Waals surface area (Å²) in [6, 6.07) is 20.7. The van der Waals surface area contributed by atoms with Crippen LogP contribution >= 0.6 is 11.6 Å². The summed E-state index contributed by atoms with van der Waals surface area (Å²) in [6.07, 6.45) is 1.82. The Labute approximate surface area is 182 Å². The first-order valence-electron chi connectivity index (χ1n) is 10.3. The summed E-state index contributed by atoms with van der Waals surface area (Å²) in [4.78, 5) is 26.4. The molecule has 0 radical (unpaired) electrons. The Morgan fingerprint density at radius 2 is 1.70 bits per heavy atom. The molecule has 1 amide bonds. The minimum atomic E-state index is -0.400. The molecule has 3 rings (SSSR count). The summed E-state index contributed by atoms with van der Waals surface area (Å²) < 4.78 is 1.74. The molecule has 0 aliphatic carbocycles. The van der Waals surface area contributed by atoms with Gasteiger partial charge in [0.05, 0.1) is 11.7 Å². The van der Waals surface area contributed by atoms with Crippen LogP contribution in [0.1, 0.15) is 47.3 Å². The third kappa shape index (κ3) is 4.82. The van der Waals surface area contributed by atoms with Crippen molar-refractivity contribution < 1.29 is 4.79 Å². The molecule has 0 saturated carbocycles. The quantitative estimate of drug-likeness (QED) is 0.498. The van der Waals surface area contributed by atoms with Crippen molar-refractivity contribution >= 4 is 17.5 Å². The summed E-state index contributed by atoms with van der Waals surface area (Å²) in [5.41, 5.74) is 3.51. The highest BCUT2D eigenvalue weighted by Crippen LogP contribution is 2.23. The van der Waals surface area contributed by atoms with Crippen LogP contribution in [0, 0.1) is 6.92 Å². The first kappa shape index (κ1) is 21.8. The van der Waals surface area contributed by atoms with Gasteiger partial charge in [-0.15, -0.1) is 11.6 Å². The van der Waals surface area contributed by atoms with Gasteiger partial charge in [0.2, 0.25) is 0 Å². The van der Waals surface area contributed by atoms with E-state index in [1.807, 2.05) is 67.6 Å². The molecule has 30 heavy (non-hydrogen) atoms. The lowest BCUT2D eigenvalue weighted by Crippen LogP contribution is -2.36. The van der Waals surface area contributed by atoms with E-state index in [-0.39, 0.29) is 23.0 Å². The molecule has 5 heteroatoms. The number of halogens is 1. The van der Waals surface area contributed by atoms with Crippen LogP contribution in [0.15, 0.2) is 71.5 Å². The zero-order valence-electron chi connectivity index (χ0n) is 17.4. The number of nitrogens with one attached hydrogen (secondary N) is 1. The number of carbonyl (C=O) groups is 1. The van der Waals surface area contributed by atoms with E-state index in [9.17, 15) is 9.59 Å². The van der Waals surface area contributed by atoms with Gasteiger partial charge in [-0.1, -0.05) is 74.0 Å². The number of carbonyl (C=O) groups excluding carboxylic acids is 1. The van der Waals surface area contributed by atoms with Crippen molar-refractivity contribution in [1.82, 2.24) is 9.88 Å². The van der Waals surface area contributed by atoms with E-state index in [1.165, 1.54) is 0 Å². The number of hydrogen-bond acceptors (Lipinski definition) is 2. The van der Waals surface area contributed by atoms with Gasteiger partial charge in [0.15, 0.2) is 0 Å². The molecule has 0 aliphatic heterocycles. The van der Waals surface area contributed by atoms with E-state index < -0.39 is 5.91 Å². The van der Waals surface area contributed by atoms with Crippen molar-refractivity contribution in [2.45, 2.75) is 39.3 Å². The zero-order valence-corrected chi connectivity index (χ0v) is 18.2. The van der Waals surface area contributed by atoms with Crippen molar-refractivity contribution in [2.24, 2.45) is 0 Å². The fourth-order valence-corrected chi connectivity index (χ4v) is 3.87. The molecule has 1 heterocycles. The van der Waals surface area contributed by atoms with E-state index in [2.05, 4.69) is 12.2 Å². The Bertz CT molecular complexity index is 1050. The van der Waals surface area contributed by atoms with Crippen molar-refractivity contribution in [2.75, 3.05) is 5.88 Å². The van der Waals surface area contributed by atoms with E-state index in [1.54, 1.807) is 10.6 Å². The minimum absolute atomic E-state index is 0.148. The number of hydrogen-bond donors (Lipinski definition) is 1. The van der Waals surface area contributed by atoms with Crippen LogP contribution in [-0.2, 0) is 6.54 Å². The first-order chi connectivity index (χ1) is 14.6. The Morgan fingerprint density at radius 3 is 2.30 bits per heavy atom. The molecule has 1 atom stereocenters. The standard InChI is InChI=1S/C25H27ClN2O2/c1-3-4-15-28-23(20-13-9-6-10-14-20)18(2)16-21(25(28)30)24(29)27-22(17-26)19-11-7-5-8-12-19/h5-14,16,22H,3-4,15,17H2,1-2H3,(H,27,29)/t22-/m1/s1. The number of pyridine rings is 1. The molecule has 3 aromatic rings. The van der Waals surface area contributed by atoms with Gasteiger partial charge in [0.25, 0.3) is 11.5 Å². The lowest BCUT2D eigenvalue weighted by atomic mass is 10.0. The predicted octanol–water partition coefficient (Wildman–Crippen LogP) is 5.33. The number of rotatable bonds is 8. The topological polar surface area (TPSA) is 51.1 Å². The summed E-state index contributed by atoms with van der Waals surface area (Å²) in [7, 11) is 0. The maximum atomic E-state index is 13.3. The largest absolute Gasteiger partial charge is 0.344 e. The van der Waals surface area contributed by atoms with Crippen LogP contribution in [0.4, 0.5) is 0 Å². The summed E-state index contributed by atoms with van der Waals surface area (Å²) in [6.45, 7) is 4.60. The molecule has 0 aliphatic rings. The van der Waals surface area contributed by atoms with Gasteiger partial charge in [-0.2, -0.15) is 0 Å². The van der Waals surface area contributed by atoms with Crippen LogP contribution in [-0.4, -0.2) is 16.4 Å². The van der Waals surface area contributed by atoms with Crippen molar-refractivity contribution in [3.8, 4) is 11.3 Å². The Balaban J connectivity index is 2.02. The fraction of sp³-hybridized carbons (Fsp3) is 0.280. The van der Waals surface area contributed by atoms with E-state index >= 15 is 0 Å². The third-order valence-electron chi connectivity index (χ3n) is 5.17. The summed E-state index contributed by atoms with van der Waals surface area (Å²) in [5, 5.41) is 2.93. The SMILES string of the molecule is CCCCn1c(-c2ccccc2)c(C)cc(C(=O)N[C@H](CCl)c2ccccc2)c1=O. The summed E-state index contributed by atoms with van der Waals surface area (Å²) >= 11 is 6.11. The minimum Gasteiger partial charge on any atom is -0.344 e.